The van der Waals surface area contributed by atoms with E-state index in [0.29, 0.717) is 35.4 Å². The lowest BCUT2D eigenvalue weighted by atomic mass is 10.4. The van der Waals surface area contributed by atoms with E-state index in [9.17, 15) is 19.6 Å². The molecule has 3 amide bonds. The molecule has 3 heterocycles. The Bertz CT molecular complexity index is 1270. The number of nitriles is 1. The van der Waals surface area contributed by atoms with Crippen LogP contribution in [0.25, 0.3) is 0 Å². The van der Waals surface area contributed by atoms with Crippen molar-refractivity contribution >= 4 is 129 Å². The predicted molar refractivity (Wildman–Crippen MR) is 165 cm³/mol. The molecule has 3 aromatic rings. The molecule has 3 aromatic heterocycles. The summed E-state index contributed by atoms with van der Waals surface area (Å²) in [4.78, 5) is 43.7. The number of anilines is 2. The first-order valence-corrected chi connectivity index (χ1v) is 15.9. The molecule has 0 unspecified atom stereocenters. The molecule has 0 saturated carbocycles. The number of carbonyl (C=O) groups excluding carboxylic acids is 3. The van der Waals surface area contributed by atoms with Gasteiger partial charge in [-0.15, -0.1) is 11.8 Å². The number of rotatable bonds is 9. The largest absolute Gasteiger partial charge is 0.351 e. The Morgan fingerprint density at radius 2 is 1.47 bits per heavy atom. The van der Waals surface area contributed by atoms with Crippen LogP contribution in [0.2, 0.25) is 0 Å². The van der Waals surface area contributed by atoms with Crippen molar-refractivity contribution in [1.82, 2.24) is 19.2 Å². The Balaban J connectivity index is 0.000000926. The van der Waals surface area contributed by atoms with E-state index in [0.717, 1.165) is 38.6 Å². The lowest BCUT2D eigenvalue weighted by molar-refractivity contribution is -0.116. The van der Waals surface area contributed by atoms with Crippen molar-refractivity contribution in [1.29, 1.82) is 5.26 Å². The van der Waals surface area contributed by atoms with Crippen LogP contribution < -0.4 is 10.6 Å². The minimum Gasteiger partial charge on any atom is -0.351 e. The highest BCUT2D eigenvalue weighted by atomic mass is 79.9. The second-order valence-corrected chi connectivity index (χ2v) is 13.5. The Morgan fingerprint density at radius 1 is 1.00 bits per heavy atom. The standard InChI is InChI=1S/C18H10Br4N6O2S3.C3H7NO/c19-8-1-11(21)15(24-4-8)26-13(29)6-31-17-10(3-23)18(33-28-17)32-7-14(30)27-16-12(22)2-9(20)5-25-16;1-4(2)3-5/h1-2,4-5H,6-7H2,(H,24,26,29)(H,25,27,30);3H,1-2H3. The Hall–Kier alpha value is -1.55. The zero-order valence-corrected chi connectivity index (χ0v) is 28.3. The van der Waals surface area contributed by atoms with Crippen molar-refractivity contribution < 1.29 is 14.4 Å². The lowest BCUT2D eigenvalue weighted by Gasteiger charge is -2.06. The molecule has 0 spiro atoms. The summed E-state index contributed by atoms with van der Waals surface area (Å²) in [5, 5.41) is 15.4. The lowest BCUT2D eigenvalue weighted by Crippen LogP contribution is -2.15. The summed E-state index contributed by atoms with van der Waals surface area (Å²) in [5.74, 6) is 0.382. The summed E-state index contributed by atoms with van der Waals surface area (Å²) in [6.07, 6.45) is 3.91. The molecular weight excluding hydrogens is 814 g/mol. The zero-order valence-electron chi connectivity index (χ0n) is 19.5. The van der Waals surface area contributed by atoms with Crippen LogP contribution >= 0.6 is 98.8 Å². The first kappa shape index (κ1) is 32.7. The van der Waals surface area contributed by atoms with E-state index in [1.165, 1.54) is 16.7 Å². The third-order valence-electron chi connectivity index (χ3n) is 3.76. The molecule has 0 aromatic carbocycles. The molecule has 0 atom stereocenters. The fourth-order valence-electron chi connectivity index (χ4n) is 2.17. The molecule has 0 fully saturated rings. The van der Waals surface area contributed by atoms with E-state index >= 15 is 0 Å². The van der Waals surface area contributed by atoms with E-state index < -0.39 is 0 Å². The minimum atomic E-state index is -0.284. The van der Waals surface area contributed by atoms with Crippen LogP contribution in [-0.4, -0.2) is 63.1 Å². The molecule has 200 valence electrons. The number of nitrogens with zero attached hydrogens (tertiary/aromatic N) is 5. The fraction of sp³-hybridized carbons (Fsp3) is 0.190. The number of hydrogen-bond acceptors (Lipinski definition) is 10. The van der Waals surface area contributed by atoms with E-state index in [1.807, 2.05) is 0 Å². The van der Waals surface area contributed by atoms with Crippen molar-refractivity contribution in [2.45, 2.75) is 9.24 Å². The molecule has 10 nitrogen and oxygen atoms in total. The maximum atomic E-state index is 12.3. The predicted octanol–water partition coefficient (Wildman–Crippen LogP) is 6.02. The summed E-state index contributed by atoms with van der Waals surface area (Å²) >= 11 is 16.8. The molecule has 17 heteroatoms. The molecule has 2 N–H and O–H groups in total. The average molecular weight is 831 g/mol. The normalized spacial score (nSPS) is 10.0. The number of aromatic nitrogens is 3. The van der Waals surface area contributed by atoms with Gasteiger partial charge in [0.2, 0.25) is 18.2 Å². The quantitative estimate of drug-likeness (QED) is 0.196. The van der Waals surface area contributed by atoms with Crippen LogP contribution in [0.15, 0.2) is 51.7 Å². The number of thioether (sulfide) groups is 2. The molecule has 0 aliphatic rings. The monoisotopic (exact) mass is 827 g/mol. The second kappa shape index (κ2) is 16.5. The van der Waals surface area contributed by atoms with E-state index in [-0.39, 0.29) is 23.3 Å². The number of carbonyl (C=O) groups is 3. The van der Waals surface area contributed by atoms with Crippen molar-refractivity contribution in [3.63, 3.8) is 0 Å². The Kier molecular flexibility index (Phi) is 14.2. The highest BCUT2D eigenvalue weighted by molar-refractivity contribution is 9.11. The summed E-state index contributed by atoms with van der Waals surface area (Å²) in [6.45, 7) is 0. The first-order valence-electron chi connectivity index (χ1n) is 10.0. The Labute approximate surface area is 264 Å². The maximum Gasteiger partial charge on any atom is 0.235 e. The summed E-state index contributed by atoms with van der Waals surface area (Å²) in [6, 6.07) is 5.66. The van der Waals surface area contributed by atoms with Gasteiger partial charge in [-0.3, -0.25) is 14.4 Å². The van der Waals surface area contributed by atoms with Gasteiger partial charge >= 0.3 is 0 Å². The van der Waals surface area contributed by atoms with Crippen molar-refractivity contribution in [2.24, 2.45) is 0 Å². The van der Waals surface area contributed by atoms with Gasteiger partial charge < -0.3 is 15.5 Å². The summed E-state index contributed by atoms with van der Waals surface area (Å²) < 4.78 is 7.73. The van der Waals surface area contributed by atoms with Gasteiger partial charge in [-0.05, 0) is 87.4 Å². The van der Waals surface area contributed by atoms with E-state index in [2.05, 4.69) is 94.8 Å². The molecule has 0 radical (unpaired) electrons. The molecule has 0 bridgehead atoms. The molecule has 0 aliphatic heterocycles. The van der Waals surface area contributed by atoms with E-state index in [4.69, 9.17) is 0 Å². The summed E-state index contributed by atoms with van der Waals surface area (Å²) in [5.41, 5.74) is 0.349. The second-order valence-electron chi connectivity index (χ2n) is 6.97. The number of pyridine rings is 2. The number of hydrogen-bond donors (Lipinski definition) is 2. The number of nitrogens with one attached hydrogen (secondary N) is 2. The highest BCUT2D eigenvalue weighted by Gasteiger charge is 2.18. The van der Waals surface area contributed by atoms with Gasteiger partial charge in [-0.25, -0.2) is 9.97 Å². The van der Waals surface area contributed by atoms with Crippen molar-refractivity contribution in [2.75, 3.05) is 36.2 Å². The van der Waals surface area contributed by atoms with Crippen LogP contribution in [0.3, 0.4) is 0 Å². The summed E-state index contributed by atoms with van der Waals surface area (Å²) in [7, 11) is 3.38. The fourth-order valence-corrected chi connectivity index (χ4v) is 7.03. The minimum absolute atomic E-state index is 0.0520. The number of halogens is 4. The van der Waals surface area contributed by atoms with Gasteiger partial charge in [0.25, 0.3) is 0 Å². The topological polar surface area (TPSA) is 141 Å². The van der Waals surface area contributed by atoms with Crippen LogP contribution in [0.1, 0.15) is 5.56 Å². The third-order valence-corrected chi connectivity index (χ3v) is 9.02. The van der Waals surface area contributed by atoms with Crippen LogP contribution in [-0.2, 0) is 14.4 Å². The van der Waals surface area contributed by atoms with Gasteiger partial charge in [0.15, 0.2) is 0 Å². The van der Waals surface area contributed by atoms with Crippen molar-refractivity contribution in [3.05, 3.63) is 48.0 Å². The molecule has 0 aliphatic carbocycles. The van der Waals surface area contributed by atoms with Gasteiger partial charge in [0.05, 0.1) is 20.5 Å². The number of amides is 3. The smallest absolute Gasteiger partial charge is 0.235 e. The maximum absolute atomic E-state index is 12.3. The SMILES string of the molecule is CN(C)C=O.N#Cc1c(SCC(=O)Nc2ncc(Br)cc2Br)nsc1SCC(=O)Nc1ncc(Br)cc1Br. The van der Waals surface area contributed by atoms with Crippen LogP contribution in [0, 0.1) is 11.3 Å². The van der Waals surface area contributed by atoms with Gasteiger partial charge in [-0.1, -0.05) is 11.8 Å². The van der Waals surface area contributed by atoms with Gasteiger partial charge in [0, 0.05) is 35.4 Å². The van der Waals surface area contributed by atoms with Gasteiger partial charge in [-0.2, -0.15) is 9.64 Å². The van der Waals surface area contributed by atoms with Crippen molar-refractivity contribution in [3.8, 4) is 6.07 Å². The molecule has 0 saturated heterocycles. The van der Waals surface area contributed by atoms with Gasteiger partial charge in [0.1, 0.15) is 32.5 Å². The molecule has 38 heavy (non-hydrogen) atoms. The average Bonchev–Trinajstić information content (AvgIpc) is 3.27. The van der Waals surface area contributed by atoms with Crippen LogP contribution in [0.4, 0.5) is 11.6 Å². The zero-order chi connectivity index (χ0) is 28.2. The van der Waals surface area contributed by atoms with Crippen LogP contribution in [0.5, 0.6) is 0 Å². The molecular formula is C21H17Br4N7O3S3. The third kappa shape index (κ3) is 10.9. The molecule has 3 rings (SSSR count). The first-order chi connectivity index (χ1) is 18.0. The Morgan fingerprint density at radius 3 is 1.89 bits per heavy atom. The van der Waals surface area contributed by atoms with E-state index in [1.54, 1.807) is 38.6 Å². The highest BCUT2D eigenvalue weighted by Crippen LogP contribution is 2.34.